The Morgan fingerprint density at radius 1 is 1.04 bits per heavy atom. The summed E-state index contributed by atoms with van der Waals surface area (Å²) in [5.41, 5.74) is -0.571. The molecule has 2 aromatic rings. The van der Waals surface area contributed by atoms with Crippen molar-refractivity contribution in [3.05, 3.63) is 59.7 Å². The van der Waals surface area contributed by atoms with Crippen LogP contribution in [0, 0.1) is 11.6 Å². The van der Waals surface area contributed by atoms with Crippen molar-refractivity contribution in [3.8, 4) is 11.1 Å². The molecule has 0 aromatic heterocycles. The van der Waals surface area contributed by atoms with Gasteiger partial charge in [-0.25, -0.2) is 13.8 Å². The van der Waals surface area contributed by atoms with Crippen molar-refractivity contribution in [2.75, 3.05) is 76.2 Å². The quantitative estimate of drug-likeness (QED) is 0.336. The summed E-state index contributed by atoms with van der Waals surface area (Å²) in [6.45, 7) is 14.5. The number of aliphatic imine (C=N–C) groups is 1. The van der Waals surface area contributed by atoms with Gasteiger partial charge in [-0.15, -0.1) is 11.8 Å². The average Bonchev–Trinajstić information content (AvgIpc) is 3.02. The first-order chi connectivity index (χ1) is 21.5. The Labute approximate surface area is 264 Å². The van der Waals surface area contributed by atoms with Crippen LogP contribution in [0.5, 0.6) is 0 Å². The molecule has 4 aliphatic heterocycles. The number of carbonyl (C=O) groups is 1. The first kappa shape index (κ1) is 31.8. The van der Waals surface area contributed by atoms with Crippen molar-refractivity contribution in [2.45, 2.75) is 37.0 Å². The van der Waals surface area contributed by atoms with Crippen LogP contribution in [0.25, 0.3) is 11.1 Å². The number of amides is 1. The molecule has 4 aliphatic rings. The maximum absolute atomic E-state index is 15.3. The summed E-state index contributed by atoms with van der Waals surface area (Å²) in [7, 11) is 0. The molecule has 0 aliphatic carbocycles. The average molecular weight is 649 g/mol. The fourth-order valence-electron chi connectivity index (χ4n) is 6.88. The monoisotopic (exact) mass is 648 g/mol. The fraction of sp³-hybridized carbons (Fsp3) is 0.500. The number of hydrogen-bond donors (Lipinski definition) is 0. The highest BCUT2D eigenvalue weighted by Crippen LogP contribution is 2.52. The van der Waals surface area contributed by atoms with E-state index in [2.05, 4.69) is 28.2 Å². The van der Waals surface area contributed by atoms with Crippen LogP contribution < -0.4 is 4.90 Å². The molecule has 0 bridgehead atoms. The maximum atomic E-state index is 15.3. The number of amidine groups is 1. The van der Waals surface area contributed by atoms with Gasteiger partial charge in [0.05, 0.1) is 17.3 Å². The lowest BCUT2D eigenvalue weighted by Gasteiger charge is -2.47. The largest absolute Gasteiger partial charge is 0.417 e. The van der Waals surface area contributed by atoms with Crippen LogP contribution in [0.4, 0.5) is 27.6 Å². The van der Waals surface area contributed by atoms with Crippen molar-refractivity contribution in [3.63, 3.8) is 0 Å². The first-order valence-corrected chi connectivity index (χ1v) is 16.3. The van der Waals surface area contributed by atoms with E-state index in [1.165, 1.54) is 17.8 Å². The minimum absolute atomic E-state index is 0.0261. The fourth-order valence-corrected chi connectivity index (χ4v) is 8.25. The molecule has 0 spiro atoms. The number of anilines is 1. The molecule has 0 unspecified atom stereocenters. The number of thioether (sulfide) groups is 1. The molecule has 2 aromatic carbocycles. The molecule has 0 N–H and O–H groups in total. The molecule has 6 rings (SSSR count). The van der Waals surface area contributed by atoms with Gasteiger partial charge in [-0.1, -0.05) is 13.5 Å². The number of rotatable bonds is 5. The van der Waals surface area contributed by atoms with Gasteiger partial charge >= 0.3 is 6.18 Å². The van der Waals surface area contributed by atoms with Gasteiger partial charge in [0.2, 0.25) is 5.91 Å². The van der Waals surface area contributed by atoms with Crippen LogP contribution in [0.2, 0.25) is 0 Å². The standard InChI is InChI=1S/C32H37F5N6OS/c1-4-27(44)41-12-13-42(20(3)16-41)31-24-15-25(32(35,36)37)28(23-7-6-21(33)14-26(23)34)30-29(24)43(19-38-31)22(18-45-30)17-40-10-8-39(5-2)9-11-40/h4,6-7,14-15,20,22H,1,5,8-13,16-19H2,2-3H3/t20-,22-/m0/s1. The topological polar surface area (TPSA) is 45.6 Å². The number of piperazine rings is 2. The number of likely N-dealkylation sites (N-methyl/N-ethyl adjacent to an activating group) is 1. The summed E-state index contributed by atoms with van der Waals surface area (Å²) in [5.74, 6) is -1.15. The minimum Gasteiger partial charge on any atom is -0.350 e. The molecule has 7 nitrogen and oxygen atoms in total. The highest BCUT2D eigenvalue weighted by molar-refractivity contribution is 7.99. The van der Waals surface area contributed by atoms with Gasteiger partial charge in [-0.05, 0) is 37.7 Å². The number of benzene rings is 2. The first-order valence-electron chi connectivity index (χ1n) is 15.3. The van der Waals surface area contributed by atoms with Crippen molar-refractivity contribution in [1.29, 1.82) is 0 Å². The third kappa shape index (κ3) is 6.06. The van der Waals surface area contributed by atoms with Crippen LogP contribution >= 0.6 is 11.8 Å². The van der Waals surface area contributed by atoms with Gasteiger partial charge < -0.3 is 19.6 Å². The van der Waals surface area contributed by atoms with Gasteiger partial charge in [0, 0.05) is 91.8 Å². The second-order valence-electron chi connectivity index (χ2n) is 12.0. The zero-order valence-corrected chi connectivity index (χ0v) is 26.2. The highest BCUT2D eigenvalue weighted by Gasteiger charge is 2.44. The molecule has 2 fully saturated rings. The number of hydrogen-bond acceptors (Lipinski definition) is 7. The number of carbonyl (C=O) groups excluding carboxylic acids is 1. The van der Waals surface area contributed by atoms with E-state index in [1.807, 2.05) is 11.8 Å². The zero-order valence-electron chi connectivity index (χ0n) is 25.4. The van der Waals surface area contributed by atoms with E-state index >= 15 is 4.39 Å². The van der Waals surface area contributed by atoms with Gasteiger partial charge in [0.25, 0.3) is 0 Å². The van der Waals surface area contributed by atoms with E-state index in [-0.39, 0.29) is 35.8 Å². The van der Waals surface area contributed by atoms with E-state index in [4.69, 9.17) is 4.99 Å². The summed E-state index contributed by atoms with van der Waals surface area (Å²) in [6, 6.07) is 3.57. The van der Waals surface area contributed by atoms with Crippen LogP contribution in [-0.2, 0) is 11.0 Å². The summed E-state index contributed by atoms with van der Waals surface area (Å²) in [4.78, 5) is 28.0. The third-order valence-corrected chi connectivity index (χ3v) is 10.5. The normalized spacial score (nSPS) is 22.7. The molecule has 13 heteroatoms. The van der Waals surface area contributed by atoms with E-state index < -0.39 is 23.4 Å². The second kappa shape index (κ2) is 12.6. The Morgan fingerprint density at radius 3 is 2.42 bits per heavy atom. The smallest absolute Gasteiger partial charge is 0.350 e. The van der Waals surface area contributed by atoms with Crippen molar-refractivity contribution in [1.82, 2.24) is 19.6 Å². The van der Waals surface area contributed by atoms with Crippen molar-refractivity contribution >= 4 is 29.2 Å². The SMILES string of the molecule is C=CC(=O)N1CCN(C2=NCN3c4c2cc(C(F)(F)F)c(-c2ccc(F)cc2F)c4SC[C@@H]3CN2CCN(CC)CC2)[C@@H](C)C1. The summed E-state index contributed by atoms with van der Waals surface area (Å²) < 4.78 is 73.8. The Morgan fingerprint density at radius 2 is 1.78 bits per heavy atom. The number of halogens is 5. The molecule has 4 heterocycles. The molecular weight excluding hydrogens is 611 g/mol. The molecule has 0 saturated carbocycles. The summed E-state index contributed by atoms with van der Waals surface area (Å²) >= 11 is 1.30. The van der Waals surface area contributed by atoms with Gasteiger partial charge in [-0.2, -0.15) is 13.2 Å². The molecule has 45 heavy (non-hydrogen) atoms. The predicted octanol–water partition coefficient (Wildman–Crippen LogP) is 5.01. The van der Waals surface area contributed by atoms with Crippen LogP contribution in [0.3, 0.4) is 0 Å². The Bertz CT molecular complexity index is 1510. The van der Waals surface area contributed by atoms with Crippen molar-refractivity contribution in [2.24, 2.45) is 4.99 Å². The number of alkyl halides is 3. The van der Waals surface area contributed by atoms with Crippen LogP contribution in [0.1, 0.15) is 25.0 Å². The lowest BCUT2D eigenvalue weighted by Crippen LogP contribution is -2.57. The van der Waals surface area contributed by atoms with Gasteiger partial charge in [-0.3, -0.25) is 9.69 Å². The maximum Gasteiger partial charge on any atom is 0.417 e. The Kier molecular flexibility index (Phi) is 8.88. The predicted molar refractivity (Wildman–Crippen MR) is 167 cm³/mol. The third-order valence-electron chi connectivity index (χ3n) is 9.29. The van der Waals surface area contributed by atoms with E-state index in [9.17, 15) is 22.4 Å². The lowest BCUT2D eigenvalue weighted by atomic mass is 9.92. The highest BCUT2D eigenvalue weighted by atomic mass is 32.2. The molecule has 2 saturated heterocycles. The summed E-state index contributed by atoms with van der Waals surface area (Å²) in [5, 5.41) is 0. The lowest BCUT2D eigenvalue weighted by molar-refractivity contribution is -0.137. The Balaban J connectivity index is 1.46. The molecule has 1 amide bonds. The molecule has 2 atom stereocenters. The van der Waals surface area contributed by atoms with Gasteiger partial charge in [0.1, 0.15) is 24.1 Å². The van der Waals surface area contributed by atoms with Crippen molar-refractivity contribution < 1.29 is 26.7 Å². The Hall–Kier alpha value is -3.16. The van der Waals surface area contributed by atoms with E-state index in [1.54, 1.807) is 4.90 Å². The van der Waals surface area contributed by atoms with Crippen LogP contribution in [-0.4, -0.2) is 115 Å². The summed E-state index contributed by atoms with van der Waals surface area (Å²) in [6.07, 6.45) is -3.55. The zero-order chi connectivity index (χ0) is 32.0. The van der Waals surface area contributed by atoms with E-state index in [0.717, 1.165) is 57.5 Å². The minimum atomic E-state index is -4.81. The molecular formula is C32H37F5N6OS. The van der Waals surface area contributed by atoms with E-state index in [0.29, 0.717) is 53.4 Å². The molecule has 242 valence electrons. The number of nitrogens with zero attached hydrogens (tertiary/aromatic N) is 6. The van der Waals surface area contributed by atoms with Crippen LogP contribution in [0.15, 0.2) is 46.8 Å². The molecule has 0 radical (unpaired) electrons. The van der Waals surface area contributed by atoms with Gasteiger partial charge in [0.15, 0.2) is 0 Å². The second-order valence-corrected chi connectivity index (χ2v) is 13.0.